The van der Waals surface area contributed by atoms with Crippen molar-refractivity contribution in [2.24, 2.45) is 0 Å². The van der Waals surface area contributed by atoms with Crippen molar-refractivity contribution in [1.82, 2.24) is 5.32 Å². The van der Waals surface area contributed by atoms with Gasteiger partial charge in [0.1, 0.15) is 11.5 Å². The molecule has 0 aliphatic heterocycles. The first-order valence-electron chi connectivity index (χ1n) is 6.69. The van der Waals surface area contributed by atoms with Crippen LogP contribution in [0.1, 0.15) is 23.3 Å². The summed E-state index contributed by atoms with van der Waals surface area (Å²) in [7, 11) is 0. The monoisotopic (exact) mass is 259 g/mol. The Morgan fingerprint density at radius 2 is 2.05 bits per heavy atom. The molecule has 0 saturated carbocycles. The van der Waals surface area contributed by atoms with Crippen LogP contribution in [0.15, 0.2) is 41.0 Å². The van der Waals surface area contributed by atoms with Crippen molar-refractivity contribution >= 4 is 0 Å². The number of benzene rings is 1. The number of nitrogens with one attached hydrogen (secondary N) is 1. The lowest BCUT2D eigenvalue weighted by Crippen LogP contribution is -2.16. The zero-order valence-electron chi connectivity index (χ0n) is 11.6. The standard InChI is InChI=1S/C16H21NO2/c1-13-6-7-15(11-14(13)2)18-10-4-8-17-12-16-5-3-9-19-16/h3,5-7,9,11,17H,4,8,10,12H2,1-2H3. The van der Waals surface area contributed by atoms with Crippen molar-refractivity contribution in [2.75, 3.05) is 13.2 Å². The van der Waals surface area contributed by atoms with Crippen LogP contribution in [0, 0.1) is 13.8 Å². The molecule has 2 rings (SSSR count). The first-order valence-corrected chi connectivity index (χ1v) is 6.69. The predicted molar refractivity (Wildman–Crippen MR) is 76.4 cm³/mol. The smallest absolute Gasteiger partial charge is 0.119 e. The van der Waals surface area contributed by atoms with E-state index < -0.39 is 0 Å². The molecule has 0 unspecified atom stereocenters. The molecule has 1 aromatic heterocycles. The highest BCUT2D eigenvalue weighted by molar-refractivity contribution is 5.33. The van der Waals surface area contributed by atoms with Gasteiger partial charge in [-0.05, 0) is 62.2 Å². The van der Waals surface area contributed by atoms with Gasteiger partial charge in [-0.2, -0.15) is 0 Å². The average molecular weight is 259 g/mol. The number of furan rings is 1. The van der Waals surface area contributed by atoms with Gasteiger partial charge in [-0.3, -0.25) is 0 Å². The van der Waals surface area contributed by atoms with Gasteiger partial charge in [-0.15, -0.1) is 0 Å². The molecule has 0 spiro atoms. The Hall–Kier alpha value is -1.74. The number of rotatable bonds is 7. The van der Waals surface area contributed by atoms with Crippen molar-refractivity contribution in [1.29, 1.82) is 0 Å². The van der Waals surface area contributed by atoms with Gasteiger partial charge in [0.2, 0.25) is 0 Å². The first-order chi connectivity index (χ1) is 9.25. The molecule has 3 nitrogen and oxygen atoms in total. The third-order valence-electron chi connectivity index (χ3n) is 3.12. The topological polar surface area (TPSA) is 34.4 Å². The van der Waals surface area contributed by atoms with E-state index in [2.05, 4.69) is 31.3 Å². The first kappa shape index (κ1) is 13.7. The van der Waals surface area contributed by atoms with Crippen molar-refractivity contribution in [3.8, 4) is 5.75 Å². The summed E-state index contributed by atoms with van der Waals surface area (Å²) in [6, 6.07) is 10.1. The second-order valence-corrected chi connectivity index (χ2v) is 4.70. The van der Waals surface area contributed by atoms with E-state index in [1.54, 1.807) is 6.26 Å². The molecule has 0 fully saturated rings. The van der Waals surface area contributed by atoms with Crippen molar-refractivity contribution in [2.45, 2.75) is 26.8 Å². The largest absolute Gasteiger partial charge is 0.494 e. The van der Waals surface area contributed by atoms with Gasteiger partial charge in [0.25, 0.3) is 0 Å². The van der Waals surface area contributed by atoms with Crippen molar-refractivity contribution in [3.63, 3.8) is 0 Å². The Bertz CT molecular complexity index is 491. The molecular weight excluding hydrogens is 238 g/mol. The van der Waals surface area contributed by atoms with E-state index in [-0.39, 0.29) is 0 Å². The Kier molecular flexibility index (Phi) is 5.04. The summed E-state index contributed by atoms with van der Waals surface area (Å²) in [4.78, 5) is 0. The zero-order valence-corrected chi connectivity index (χ0v) is 11.6. The molecule has 0 saturated heterocycles. The van der Waals surface area contributed by atoms with Gasteiger partial charge >= 0.3 is 0 Å². The molecule has 0 aliphatic rings. The van der Waals surface area contributed by atoms with Crippen LogP contribution in [0.4, 0.5) is 0 Å². The lowest BCUT2D eigenvalue weighted by Gasteiger charge is -2.08. The molecule has 0 amide bonds. The fraction of sp³-hybridized carbons (Fsp3) is 0.375. The normalized spacial score (nSPS) is 10.6. The third-order valence-corrected chi connectivity index (χ3v) is 3.12. The summed E-state index contributed by atoms with van der Waals surface area (Å²) in [5, 5.41) is 3.32. The van der Waals surface area contributed by atoms with E-state index in [0.717, 1.165) is 37.6 Å². The predicted octanol–water partition coefficient (Wildman–Crippen LogP) is 3.46. The van der Waals surface area contributed by atoms with E-state index in [0.29, 0.717) is 0 Å². The van der Waals surface area contributed by atoms with Crippen LogP contribution in [0.25, 0.3) is 0 Å². The van der Waals surface area contributed by atoms with Crippen LogP contribution >= 0.6 is 0 Å². The fourth-order valence-corrected chi connectivity index (χ4v) is 1.82. The summed E-state index contributed by atoms with van der Waals surface area (Å²) < 4.78 is 11.0. The molecule has 0 radical (unpaired) electrons. The van der Waals surface area contributed by atoms with E-state index in [1.165, 1.54) is 11.1 Å². The molecule has 1 aromatic carbocycles. The SMILES string of the molecule is Cc1ccc(OCCCNCc2ccco2)cc1C. The summed E-state index contributed by atoms with van der Waals surface area (Å²) in [5.41, 5.74) is 2.57. The van der Waals surface area contributed by atoms with E-state index in [1.807, 2.05) is 18.2 Å². The van der Waals surface area contributed by atoms with Gasteiger partial charge in [0.05, 0.1) is 19.4 Å². The summed E-state index contributed by atoms with van der Waals surface area (Å²) in [5.74, 6) is 1.92. The fourth-order valence-electron chi connectivity index (χ4n) is 1.82. The molecule has 102 valence electrons. The molecule has 19 heavy (non-hydrogen) atoms. The molecule has 0 bridgehead atoms. The van der Waals surface area contributed by atoms with Crippen LogP contribution < -0.4 is 10.1 Å². The van der Waals surface area contributed by atoms with Crippen molar-refractivity contribution < 1.29 is 9.15 Å². The Morgan fingerprint density at radius 3 is 2.79 bits per heavy atom. The Balaban J connectivity index is 1.60. The van der Waals surface area contributed by atoms with E-state index in [9.17, 15) is 0 Å². The van der Waals surface area contributed by atoms with Gasteiger partial charge in [-0.1, -0.05) is 6.07 Å². The minimum Gasteiger partial charge on any atom is -0.494 e. The van der Waals surface area contributed by atoms with Gasteiger partial charge in [-0.25, -0.2) is 0 Å². The zero-order chi connectivity index (χ0) is 13.5. The molecule has 0 aliphatic carbocycles. The molecule has 0 atom stereocenters. The number of hydrogen-bond donors (Lipinski definition) is 1. The summed E-state index contributed by atoms with van der Waals surface area (Å²) >= 11 is 0. The molecule has 3 heteroatoms. The van der Waals surface area contributed by atoms with Crippen LogP contribution in [0.2, 0.25) is 0 Å². The van der Waals surface area contributed by atoms with Crippen LogP contribution in [-0.2, 0) is 6.54 Å². The molecule has 2 aromatic rings. The molecule has 1 N–H and O–H groups in total. The number of aryl methyl sites for hydroxylation is 2. The molecular formula is C16H21NO2. The lowest BCUT2D eigenvalue weighted by molar-refractivity contribution is 0.306. The van der Waals surface area contributed by atoms with Gasteiger partial charge in [0, 0.05) is 0 Å². The second kappa shape index (κ2) is 7.00. The maximum atomic E-state index is 5.72. The molecule has 1 heterocycles. The van der Waals surface area contributed by atoms with Crippen LogP contribution in [-0.4, -0.2) is 13.2 Å². The number of hydrogen-bond acceptors (Lipinski definition) is 3. The van der Waals surface area contributed by atoms with E-state index >= 15 is 0 Å². The summed E-state index contributed by atoms with van der Waals surface area (Å²) in [6.45, 7) is 6.64. The minimum absolute atomic E-state index is 0.730. The second-order valence-electron chi connectivity index (χ2n) is 4.70. The van der Waals surface area contributed by atoms with Gasteiger partial charge in [0.15, 0.2) is 0 Å². The maximum Gasteiger partial charge on any atom is 0.119 e. The third kappa shape index (κ3) is 4.45. The Labute approximate surface area is 114 Å². The summed E-state index contributed by atoms with van der Waals surface area (Å²) in [6.07, 6.45) is 2.67. The lowest BCUT2D eigenvalue weighted by atomic mass is 10.1. The highest BCUT2D eigenvalue weighted by atomic mass is 16.5. The minimum atomic E-state index is 0.730. The highest BCUT2D eigenvalue weighted by Crippen LogP contribution is 2.16. The quantitative estimate of drug-likeness (QED) is 0.773. The van der Waals surface area contributed by atoms with Crippen molar-refractivity contribution in [3.05, 3.63) is 53.5 Å². The van der Waals surface area contributed by atoms with Crippen LogP contribution in [0.3, 0.4) is 0 Å². The van der Waals surface area contributed by atoms with Crippen LogP contribution in [0.5, 0.6) is 5.75 Å². The number of ether oxygens (including phenoxy) is 1. The highest BCUT2D eigenvalue weighted by Gasteiger charge is 1.98. The average Bonchev–Trinajstić information content (AvgIpc) is 2.91. The maximum absolute atomic E-state index is 5.72. The van der Waals surface area contributed by atoms with E-state index in [4.69, 9.17) is 9.15 Å². The van der Waals surface area contributed by atoms with Gasteiger partial charge < -0.3 is 14.5 Å². The Morgan fingerprint density at radius 1 is 1.16 bits per heavy atom.